The van der Waals surface area contributed by atoms with Crippen molar-refractivity contribution in [3.8, 4) is 29.9 Å². The monoisotopic (exact) mass is 330 g/mol. The zero-order valence-corrected chi connectivity index (χ0v) is 13.8. The summed E-state index contributed by atoms with van der Waals surface area (Å²) in [6.45, 7) is 0.699. The van der Waals surface area contributed by atoms with Crippen LogP contribution in [-0.4, -0.2) is 17.7 Å². The summed E-state index contributed by atoms with van der Waals surface area (Å²) in [5.41, 5.74) is 3.48. The summed E-state index contributed by atoms with van der Waals surface area (Å²) < 4.78 is 5.76. The first-order valence-corrected chi connectivity index (χ1v) is 8.20. The minimum Gasteiger partial charge on any atom is -0.493 e. The number of aryl methyl sites for hydroxylation is 1. The van der Waals surface area contributed by atoms with E-state index in [2.05, 4.69) is 17.8 Å². The van der Waals surface area contributed by atoms with Crippen LogP contribution in [0.4, 0.5) is 0 Å². The number of carboxylic acid groups (broad SMARTS) is 1. The molecule has 1 unspecified atom stereocenters. The molecule has 0 fully saturated rings. The van der Waals surface area contributed by atoms with Crippen molar-refractivity contribution < 1.29 is 14.6 Å². The maximum absolute atomic E-state index is 11.6. The number of ether oxygens (including phenoxy) is 1. The molecule has 0 spiro atoms. The summed E-state index contributed by atoms with van der Waals surface area (Å²) in [5.74, 6) is 7.61. The van der Waals surface area contributed by atoms with Gasteiger partial charge in [0.2, 0.25) is 0 Å². The molecule has 1 atom stereocenters. The van der Waals surface area contributed by atoms with Crippen LogP contribution in [0.5, 0.6) is 5.75 Å². The first kappa shape index (κ1) is 16.7. The third kappa shape index (κ3) is 3.84. The van der Waals surface area contributed by atoms with E-state index in [1.54, 1.807) is 12.1 Å². The van der Waals surface area contributed by atoms with Crippen LogP contribution in [0.3, 0.4) is 0 Å². The molecule has 2 aromatic carbocycles. The maximum Gasteiger partial charge on any atom is 0.323 e. The van der Waals surface area contributed by atoms with Crippen molar-refractivity contribution in [1.82, 2.24) is 0 Å². The van der Waals surface area contributed by atoms with Gasteiger partial charge >= 0.3 is 5.97 Å². The van der Waals surface area contributed by atoms with Crippen molar-refractivity contribution in [3.63, 3.8) is 0 Å². The number of aliphatic carboxylic acids is 1. The Bertz CT molecular complexity index is 879. The molecule has 25 heavy (non-hydrogen) atoms. The van der Waals surface area contributed by atoms with Gasteiger partial charge in [0.1, 0.15) is 11.7 Å². The molecule has 3 rings (SSSR count). The van der Waals surface area contributed by atoms with Crippen molar-refractivity contribution in [3.05, 3.63) is 64.7 Å². The second-order valence-corrected chi connectivity index (χ2v) is 5.91. The van der Waals surface area contributed by atoms with E-state index in [9.17, 15) is 9.90 Å². The fourth-order valence-corrected chi connectivity index (χ4v) is 2.96. The summed E-state index contributed by atoms with van der Waals surface area (Å²) in [6, 6.07) is 12.9. The molecule has 3 nitrogen and oxygen atoms in total. The van der Waals surface area contributed by atoms with E-state index in [1.165, 1.54) is 0 Å². The Morgan fingerprint density at radius 1 is 1.28 bits per heavy atom. The molecule has 3 heteroatoms. The molecule has 1 N–H and O–H groups in total. The predicted octanol–water partition coefficient (Wildman–Crippen LogP) is 3.41. The van der Waals surface area contributed by atoms with Crippen LogP contribution >= 0.6 is 0 Å². The van der Waals surface area contributed by atoms with E-state index in [0.29, 0.717) is 18.6 Å². The highest BCUT2D eigenvalue weighted by Crippen LogP contribution is 2.30. The quantitative estimate of drug-likeness (QED) is 0.877. The highest BCUT2D eigenvalue weighted by atomic mass is 16.5. The minimum atomic E-state index is -0.955. The summed E-state index contributed by atoms with van der Waals surface area (Å²) in [7, 11) is 0. The molecular weight excluding hydrogens is 312 g/mol. The van der Waals surface area contributed by atoms with Crippen LogP contribution in [0.2, 0.25) is 0 Å². The average molecular weight is 330 g/mol. The Balaban J connectivity index is 1.98. The van der Waals surface area contributed by atoms with E-state index >= 15 is 0 Å². The third-order valence-corrected chi connectivity index (χ3v) is 4.11. The maximum atomic E-state index is 11.6. The Morgan fingerprint density at radius 2 is 2.08 bits per heavy atom. The second kappa shape index (κ2) is 7.60. The number of fused-ring (bicyclic) bond motifs is 1. The highest BCUT2D eigenvalue weighted by molar-refractivity contribution is 5.80. The lowest BCUT2D eigenvalue weighted by Crippen LogP contribution is -2.11. The normalized spacial score (nSPS) is 13.4. The molecule has 1 heterocycles. The number of hydrogen-bond acceptors (Lipinski definition) is 2. The lowest BCUT2D eigenvalue weighted by Gasteiger charge is -2.20. The molecule has 1 aliphatic rings. The molecule has 0 saturated carbocycles. The minimum absolute atomic E-state index is 0.471. The average Bonchev–Trinajstić information content (AvgIpc) is 2.63. The Hall–Kier alpha value is -3.17. The topological polar surface area (TPSA) is 46.5 Å². The Kier molecular flexibility index (Phi) is 5.07. The van der Waals surface area contributed by atoms with Crippen molar-refractivity contribution in [2.24, 2.45) is 0 Å². The van der Waals surface area contributed by atoms with Gasteiger partial charge in [0.25, 0.3) is 0 Å². The molecule has 1 aliphatic heterocycles. The lowest BCUT2D eigenvalue weighted by atomic mass is 9.96. The number of carbonyl (C=O) groups is 1. The Morgan fingerprint density at radius 3 is 2.80 bits per heavy atom. The lowest BCUT2D eigenvalue weighted by molar-refractivity contribution is -0.137. The van der Waals surface area contributed by atoms with Crippen molar-refractivity contribution >= 4 is 5.97 Å². The molecule has 0 aliphatic carbocycles. The summed E-state index contributed by atoms with van der Waals surface area (Å²) in [5, 5.41) is 9.49. The molecule has 0 radical (unpaired) electrons. The van der Waals surface area contributed by atoms with Gasteiger partial charge in [-0.1, -0.05) is 42.2 Å². The van der Waals surface area contributed by atoms with E-state index in [-0.39, 0.29) is 0 Å². The Labute approximate surface area is 147 Å². The third-order valence-electron chi connectivity index (χ3n) is 4.11. The van der Waals surface area contributed by atoms with Crippen LogP contribution in [0, 0.1) is 24.2 Å². The summed E-state index contributed by atoms with van der Waals surface area (Å²) in [6.07, 6.45) is 7.81. The fraction of sp³-hybridized carbons (Fsp3) is 0.227. The van der Waals surface area contributed by atoms with Gasteiger partial charge < -0.3 is 9.84 Å². The van der Waals surface area contributed by atoms with Crippen molar-refractivity contribution in [2.75, 3.05) is 6.61 Å². The molecule has 0 saturated heterocycles. The SMILES string of the molecule is C#CCc1cc(C#CC(C(=O)O)c2ccccc2)cc2c1OCCC2. The first-order chi connectivity index (χ1) is 12.2. The molecule has 2 aromatic rings. The molecule has 0 amide bonds. The molecule has 124 valence electrons. The zero-order chi connectivity index (χ0) is 17.6. The largest absolute Gasteiger partial charge is 0.493 e. The smallest absolute Gasteiger partial charge is 0.323 e. The standard InChI is InChI=1S/C22H18O3/c1-2-7-18-14-16(15-19-10-6-13-25-21(18)19)11-12-20(22(23)24)17-8-4-3-5-9-17/h1,3-5,8-9,14-15,20H,6-7,10,13H2,(H,23,24). The van der Waals surface area contributed by atoms with Crippen LogP contribution in [0.25, 0.3) is 0 Å². The van der Waals surface area contributed by atoms with Gasteiger partial charge in [-0.3, -0.25) is 4.79 Å². The second-order valence-electron chi connectivity index (χ2n) is 5.91. The van der Waals surface area contributed by atoms with E-state index < -0.39 is 11.9 Å². The van der Waals surface area contributed by atoms with E-state index in [4.69, 9.17) is 11.2 Å². The highest BCUT2D eigenvalue weighted by Gasteiger charge is 2.18. The van der Waals surface area contributed by atoms with Gasteiger partial charge in [-0.2, -0.15) is 0 Å². The summed E-state index contributed by atoms with van der Waals surface area (Å²) in [4.78, 5) is 11.6. The van der Waals surface area contributed by atoms with Crippen LogP contribution in [0.15, 0.2) is 42.5 Å². The predicted molar refractivity (Wildman–Crippen MR) is 96.5 cm³/mol. The number of terminal acetylenes is 1. The molecular formula is C22H18O3. The zero-order valence-electron chi connectivity index (χ0n) is 13.8. The number of hydrogen-bond donors (Lipinski definition) is 1. The van der Waals surface area contributed by atoms with Crippen molar-refractivity contribution in [1.29, 1.82) is 0 Å². The van der Waals surface area contributed by atoms with Gasteiger partial charge in [-0.05, 0) is 36.1 Å². The first-order valence-electron chi connectivity index (χ1n) is 8.20. The van der Waals surface area contributed by atoms with Crippen LogP contribution in [0.1, 0.15) is 34.6 Å². The molecule has 0 bridgehead atoms. The fourth-order valence-electron chi connectivity index (χ4n) is 2.96. The van der Waals surface area contributed by atoms with Gasteiger partial charge in [-0.25, -0.2) is 0 Å². The van der Waals surface area contributed by atoms with Crippen LogP contribution < -0.4 is 4.74 Å². The van der Waals surface area contributed by atoms with Gasteiger partial charge in [-0.15, -0.1) is 12.3 Å². The number of benzene rings is 2. The van der Waals surface area contributed by atoms with E-state index in [0.717, 1.165) is 35.3 Å². The molecule has 0 aromatic heterocycles. The van der Waals surface area contributed by atoms with Crippen LogP contribution in [-0.2, 0) is 17.6 Å². The van der Waals surface area contributed by atoms with E-state index in [1.807, 2.05) is 30.3 Å². The van der Waals surface area contributed by atoms with Crippen molar-refractivity contribution in [2.45, 2.75) is 25.2 Å². The number of carboxylic acids is 1. The van der Waals surface area contributed by atoms with Gasteiger partial charge in [0.05, 0.1) is 6.61 Å². The van der Waals surface area contributed by atoms with Gasteiger partial charge in [0, 0.05) is 17.5 Å². The van der Waals surface area contributed by atoms with Gasteiger partial charge in [0.15, 0.2) is 0 Å². The number of rotatable bonds is 3. The summed E-state index contributed by atoms with van der Waals surface area (Å²) >= 11 is 0.